The van der Waals surface area contributed by atoms with Gasteiger partial charge in [0.15, 0.2) is 0 Å². The lowest BCUT2D eigenvalue weighted by Crippen LogP contribution is -2.37. The van der Waals surface area contributed by atoms with Crippen molar-refractivity contribution >= 4 is 28.5 Å². The number of hydrogen-bond donors (Lipinski definition) is 2. The molecule has 0 saturated heterocycles. The normalized spacial score (nSPS) is 13.6. The van der Waals surface area contributed by atoms with E-state index < -0.39 is 10.8 Å². The fourth-order valence-corrected chi connectivity index (χ4v) is 3.01. The number of carbonyl (C=O) groups is 2. The molecule has 1 aromatic heterocycles. The molecular formula is C17H12N4O4. The van der Waals surface area contributed by atoms with Crippen LogP contribution < -0.4 is 5.32 Å². The van der Waals surface area contributed by atoms with E-state index in [1.807, 2.05) is 0 Å². The molecule has 0 atom stereocenters. The van der Waals surface area contributed by atoms with Gasteiger partial charge in [-0.15, -0.1) is 0 Å². The van der Waals surface area contributed by atoms with E-state index in [2.05, 4.69) is 15.3 Å². The van der Waals surface area contributed by atoms with Gasteiger partial charge in [0.25, 0.3) is 11.6 Å². The van der Waals surface area contributed by atoms with Crippen molar-refractivity contribution in [2.24, 2.45) is 0 Å². The van der Waals surface area contributed by atoms with Crippen molar-refractivity contribution in [3.05, 3.63) is 57.1 Å². The summed E-state index contributed by atoms with van der Waals surface area (Å²) in [5.74, 6) is -0.400. The van der Waals surface area contributed by atoms with Crippen LogP contribution in [0.2, 0.25) is 0 Å². The topological polar surface area (TPSA) is 118 Å². The second-order valence-electron chi connectivity index (χ2n) is 5.89. The van der Waals surface area contributed by atoms with E-state index in [-0.39, 0.29) is 18.0 Å². The molecule has 8 heteroatoms. The molecule has 2 N–H and O–H groups in total. The Morgan fingerprint density at radius 2 is 2.00 bits per heavy atom. The highest BCUT2D eigenvalue weighted by Gasteiger charge is 2.26. The standard InChI is InChI=1S/C17H12N4O4/c1-8-2-3-10(6-12(8)21(24)25)16-18-11-5-4-9-7-13(22)19-17(23)14(9)15(11)20-16/h2-6H,7H2,1H3,(H,18,20)(H,19,22,23). The molecule has 0 saturated carbocycles. The fourth-order valence-electron chi connectivity index (χ4n) is 3.01. The maximum absolute atomic E-state index is 12.2. The number of imidazole rings is 1. The van der Waals surface area contributed by atoms with Gasteiger partial charge in [0.2, 0.25) is 5.91 Å². The molecule has 2 heterocycles. The molecule has 0 unspecified atom stereocenters. The number of aromatic nitrogens is 2. The number of amides is 2. The zero-order chi connectivity index (χ0) is 17.7. The van der Waals surface area contributed by atoms with Gasteiger partial charge in [-0.2, -0.15) is 0 Å². The number of H-pyrrole nitrogens is 1. The molecule has 0 aliphatic carbocycles. The Balaban J connectivity index is 1.90. The largest absolute Gasteiger partial charge is 0.338 e. The zero-order valence-corrected chi connectivity index (χ0v) is 13.1. The minimum absolute atomic E-state index is 0.00308. The number of nitrogens with zero attached hydrogens (tertiary/aromatic N) is 2. The molecule has 0 fully saturated rings. The van der Waals surface area contributed by atoms with Crippen LogP contribution in [0, 0.1) is 17.0 Å². The van der Waals surface area contributed by atoms with Crippen LogP contribution in [-0.4, -0.2) is 26.7 Å². The molecule has 0 radical (unpaired) electrons. The Labute approximate surface area is 141 Å². The maximum Gasteiger partial charge on any atom is 0.273 e. The molecule has 0 bridgehead atoms. The fraction of sp³-hybridized carbons (Fsp3) is 0.118. The highest BCUT2D eigenvalue weighted by atomic mass is 16.6. The average molecular weight is 336 g/mol. The maximum atomic E-state index is 12.2. The van der Waals surface area contributed by atoms with Crippen molar-refractivity contribution in [1.29, 1.82) is 0 Å². The van der Waals surface area contributed by atoms with E-state index >= 15 is 0 Å². The van der Waals surface area contributed by atoms with Gasteiger partial charge in [-0.3, -0.25) is 25.0 Å². The lowest BCUT2D eigenvalue weighted by molar-refractivity contribution is -0.385. The molecule has 3 aromatic rings. The number of rotatable bonds is 2. The van der Waals surface area contributed by atoms with Gasteiger partial charge >= 0.3 is 0 Å². The van der Waals surface area contributed by atoms with E-state index in [1.165, 1.54) is 6.07 Å². The van der Waals surface area contributed by atoms with E-state index in [0.717, 1.165) is 0 Å². The van der Waals surface area contributed by atoms with Crippen LogP contribution in [0.3, 0.4) is 0 Å². The molecule has 2 amide bonds. The summed E-state index contributed by atoms with van der Waals surface area (Å²) in [7, 11) is 0. The van der Waals surface area contributed by atoms with Gasteiger partial charge < -0.3 is 4.98 Å². The smallest absolute Gasteiger partial charge is 0.273 e. The van der Waals surface area contributed by atoms with Gasteiger partial charge in [0.05, 0.1) is 22.4 Å². The molecule has 25 heavy (non-hydrogen) atoms. The first-order chi connectivity index (χ1) is 11.9. The first-order valence-corrected chi connectivity index (χ1v) is 7.55. The van der Waals surface area contributed by atoms with Crippen molar-refractivity contribution in [2.45, 2.75) is 13.3 Å². The minimum atomic E-state index is -0.482. The quantitative estimate of drug-likeness (QED) is 0.423. The number of nitro benzene ring substituents is 1. The molecule has 0 spiro atoms. The van der Waals surface area contributed by atoms with Crippen LogP contribution in [-0.2, 0) is 11.2 Å². The van der Waals surface area contributed by atoms with Crippen LogP contribution in [0.1, 0.15) is 21.5 Å². The molecule has 4 rings (SSSR count). The SMILES string of the molecule is Cc1ccc(-c2nc3c4c(ccc3[nH]2)CC(=O)NC4=O)cc1[N+](=O)[O-]. The molecule has 8 nitrogen and oxygen atoms in total. The van der Waals surface area contributed by atoms with Gasteiger partial charge in [0, 0.05) is 17.2 Å². The number of aryl methyl sites for hydroxylation is 1. The number of nitrogens with one attached hydrogen (secondary N) is 2. The lowest BCUT2D eigenvalue weighted by Gasteiger charge is -2.14. The summed E-state index contributed by atoms with van der Waals surface area (Å²) in [6.07, 6.45) is 0.120. The van der Waals surface area contributed by atoms with Crippen LogP contribution in [0.25, 0.3) is 22.4 Å². The highest BCUT2D eigenvalue weighted by Crippen LogP contribution is 2.29. The monoisotopic (exact) mass is 336 g/mol. The summed E-state index contributed by atoms with van der Waals surface area (Å²) in [6, 6.07) is 8.30. The van der Waals surface area contributed by atoms with Gasteiger partial charge in [-0.05, 0) is 18.6 Å². The predicted octanol–water partition coefficient (Wildman–Crippen LogP) is 2.26. The molecule has 1 aliphatic rings. The van der Waals surface area contributed by atoms with Crippen molar-refractivity contribution in [2.75, 3.05) is 0 Å². The Hall–Kier alpha value is -3.55. The Morgan fingerprint density at radius 3 is 2.76 bits per heavy atom. The van der Waals surface area contributed by atoms with Crippen LogP contribution in [0.4, 0.5) is 5.69 Å². The number of fused-ring (bicyclic) bond motifs is 3. The van der Waals surface area contributed by atoms with E-state index in [1.54, 1.807) is 31.2 Å². The molecular weight excluding hydrogens is 324 g/mol. The number of hydrogen-bond acceptors (Lipinski definition) is 5. The van der Waals surface area contributed by atoms with Crippen LogP contribution in [0.15, 0.2) is 30.3 Å². The molecule has 124 valence electrons. The first-order valence-electron chi connectivity index (χ1n) is 7.55. The zero-order valence-electron chi connectivity index (χ0n) is 13.1. The third-order valence-electron chi connectivity index (χ3n) is 4.25. The summed E-state index contributed by atoms with van der Waals surface area (Å²) in [6.45, 7) is 1.66. The summed E-state index contributed by atoms with van der Waals surface area (Å²) in [5.41, 5.74) is 3.16. The van der Waals surface area contributed by atoms with Crippen molar-refractivity contribution in [1.82, 2.24) is 15.3 Å². The first kappa shape index (κ1) is 15.0. The number of carbonyl (C=O) groups excluding carboxylic acids is 2. The number of nitro groups is 1. The summed E-state index contributed by atoms with van der Waals surface area (Å²) in [4.78, 5) is 41.9. The summed E-state index contributed by atoms with van der Waals surface area (Å²) in [5, 5.41) is 13.4. The number of aromatic amines is 1. The third kappa shape index (κ3) is 2.35. The second kappa shape index (κ2) is 5.23. The lowest BCUT2D eigenvalue weighted by atomic mass is 9.98. The number of imide groups is 1. The Kier molecular flexibility index (Phi) is 3.14. The van der Waals surface area contributed by atoms with Gasteiger partial charge in [-0.1, -0.05) is 18.2 Å². The third-order valence-corrected chi connectivity index (χ3v) is 4.25. The van der Waals surface area contributed by atoms with Crippen molar-refractivity contribution < 1.29 is 14.5 Å². The van der Waals surface area contributed by atoms with Crippen molar-refractivity contribution in [3.63, 3.8) is 0 Å². The Bertz CT molecular complexity index is 1080. The predicted molar refractivity (Wildman–Crippen MR) is 89.1 cm³/mol. The molecule has 2 aromatic carbocycles. The van der Waals surface area contributed by atoms with Crippen LogP contribution >= 0.6 is 0 Å². The van der Waals surface area contributed by atoms with Gasteiger partial charge in [0.1, 0.15) is 11.3 Å². The van der Waals surface area contributed by atoms with Crippen LogP contribution in [0.5, 0.6) is 0 Å². The van der Waals surface area contributed by atoms with Gasteiger partial charge in [-0.25, -0.2) is 4.98 Å². The summed E-state index contributed by atoms with van der Waals surface area (Å²) < 4.78 is 0. The van der Waals surface area contributed by atoms with Crippen molar-refractivity contribution in [3.8, 4) is 11.4 Å². The molecule has 1 aliphatic heterocycles. The van der Waals surface area contributed by atoms with E-state index in [4.69, 9.17) is 0 Å². The Morgan fingerprint density at radius 1 is 1.20 bits per heavy atom. The average Bonchev–Trinajstić information content (AvgIpc) is 2.98. The highest BCUT2D eigenvalue weighted by molar-refractivity contribution is 6.15. The number of benzene rings is 2. The second-order valence-corrected chi connectivity index (χ2v) is 5.89. The minimum Gasteiger partial charge on any atom is -0.338 e. The van der Waals surface area contributed by atoms with E-state index in [9.17, 15) is 19.7 Å². The van der Waals surface area contributed by atoms with E-state index in [0.29, 0.717) is 39.1 Å². The summed E-state index contributed by atoms with van der Waals surface area (Å²) >= 11 is 0.